The normalized spacial score (nSPS) is 21.3. The molecule has 3 aromatic carbocycles. The Balaban J connectivity index is 1.38. The van der Waals surface area contributed by atoms with Gasteiger partial charge >= 0.3 is 6.18 Å². The van der Waals surface area contributed by atoms with Gasteiger partial charge in [0.1, 0.15) is 18.5 Å². The van der Waals surface area contributed by atoms with E-state index in [9.17, 15) is 32.7 Å². The number of fused-ring (bicyclic) bond motifs is 2. The summed E-state index contributed by atoms with van der Waals surface area (Å²) >= 11 is 0. The smallest absolute Gasteiger partial charge is 0.390 e. The van der Waals surface area contributed by atoms with E-state index >= 15 is 0 Å². The fourth-order valence-corrected chi connectivity index (χ4v) is 7.09. The van der Waals surface area contributed by atoms with Crippen LogP contribution in [0.3, 0.4) is 0 Å². The highest BCUT2D eigenvalue weighted by Gasteiger charge is 2.60. The second-order valence-corrected chi connectivity index (χ2v) is 12.1. The Bertz CT molecular complexity index is 2040. The van der Waals surface area contributed by atoms with Crippen molar-refractivity contribution in [3.63, 3.8) is 0 Å². The molecule has 0 radical (unpaired) electrons. The number of carbonyl (C=O) groups is 2. The Labute approximate surface area is 255 Å². The summed E-state index contributed by atoms with van der Waals surface area (Å²) in [5.41, 5.74) is 0.808. The van der Waals surface area contributed by atoms with Crippen LogP contribution in [0.4, 0.5) is 13.2 Å². The summed E-state index contributed by atoms with van der Waals surface area (Å²) in [6.45, 7) is 0.198. The third kappa shape index (κ3) is 4.40. The predicted molar refractivity (Wildman–Crippen MR) is 160 cm³/mol. The van der Waals surface area contributed by atoms with E-state index in [1.54, 1.807) is 97.4 Å². The highest BCUT2D eigenvalue weighted by atomic mass is 19.4. The summed E-state index contributed by atoms with van der Waals surface area (Å²) in [4.78, 5) is 46.1. The molecule has 11 heteroatoms. The van der Waals surface area contributed by atoms with Gasteiger partial charge in [0.2, 0.25) is 0 Å². The Hall–Kier alpha value is -5.03. The molecule has 0 saturated heterocycles. The van der Waals surface area contributed by atoms with Crippen molar-refractivity contribution in [3.8, 4) is 22.4 Å². The number of benzene rings is 3. The largest absolute Gasteiger partial charge is 0.406 e. The monoisotopic (exact) mass is 612 g/mol. The van der Waals surface area contributed by atoms with E-state index in [1.807, 2.05) is 0 Å². The first-order chi connectivity index (χ1) is 21.3. The van der Waals surface area contributed by atoms with E-state index in [0.29, 0.717) is 43.6 Å². The molecule has 7 rings (SSSR count). The maximum absolute atomic E-state index is 13.5. The molecule has 0 spiro atoms. The van der Waals surface area contributed by atoms with E-state index in [2.05, 4.69) is 4.98 Å². The summed E-state index contributed by atoms with van der Waals surface area (Å²) in [5, 5.41) is 10.9. The van der Waals surface area contributed by atoms with E-state index in [4.69, 9.17) is 0 Å². The highest BCUT2D eigenvalue weighted by molar-refractivity contribution is 6.22. The molecule has 1 saturated carbocycles. The van der Waals surface area contributed by atoms with Crippen LogP contribution in [-0.2, 0) is 19.1 Å². The molecule has 45 heavy (non-hydrogen) atoms. The van der Waals surface area contributed by atoms with Crippen LogP contribution >= 0.6 is 0 Å². The Morgan fingerprint density at radius 2 is 1.42 bits per heavy atom. The average Bonchev–Trinajstić information content (AvgIpc) is 3.43. The molecule has 1 N–H and O–H groups in total. The van der Waals surface area contributed by atoms with Crippen LogP contribution in [0.2, 0.25) is 0 Å². The van der Waals surface area contributed by atoms with Crippen LogP contribution in [0.15, 0.2) is 90.0 Å². The standard InChI is InChI=1S/C34H27F3N4O4/c1-32(45)16-33(17-32,41-29(42)23-10-6-7-11-24(23)30(41)43)22-14-12-21(13-15-22)27-25(20-8-4-3-5-9-20)26-28(39(27)2)38-19-40(31(26)44)18-34(35,36)37/h3-15,19,45H,16-18H2,1-2H3/t32-,33+. The van der Waals surface area contributed by atoms with Crippen LogP contribution in [0, 0.1) is 0 Å². The zero-order valence-electron chi connectivity index (χ0n) is 24.3. The fourth-order valence-electron chi connectivity index (χ4n) is 7.09. The molecule has 2 aromatic heterocycles. The number of halogens is 3. The number of nitrogens with zero attached hydrogens (tertiary/aromatic N) is 4. The van der Waals surface area contributed by atoms with Crippen LogP contribution in [-0.4, -0.2) is 47.7 Å². The van der Waals surface area contributed by atoms with Gasteiger partial charge in [-0.1, -0.05) is 66.7 Å². The minimum atomic E-state index is -4.61. The van der Waals surface area contributed by atoms with Gasteiger partial charge in [0.05, 0.1) is 33.3 Å². The average molecular weight is 613 g/mol. The molecule has 1 aliphatic heterocycles. The van der Waals surface area contributed by atoms with Crippen LogP contribution < -0.4 is 5.56 Å². The Kier molecular flexibility index (Phi) is 6.21. The Morgan fingerprint density at radius 3 is 1.98 bits per heavy atom. The second kappa shape index (κ2) is 9.73. The number of amides is 2. The molecule has 0 unspecified atom stereocenters. The first-order valence-electron chi connectivity index (χ1n) is 14.3. The number of aliphatic hydroxyl groups is 1. The van der Waals surface area contributed by atoms with Crippen molar-refractivity contribution in [2.75, 3.05) is 0 Å². The Morgan fingerprint density at radius 1 is 0.844 bits per heavy atom. The van der Waals surface area contributed by atoms with E-state index in [1.165, 1.54) is 4.90 Å². The summed E-state index contributed by atoms with van der Waals surface area (Å²) in [5.74, 6) is -0.840. The molecule has 8 nitrogen and oxygen atoms in total. The highest BCUT2D eigenvalue weighted by Crippen LogP contribution is 2.54. The van der Waals surface area contributed by atoms with Crippen molar-refractivity contribution in [2.45, 2.75) is 43.6 Å². The van der Waals surface area contributed by atoms with Crippen molar-refractivity contribution < 1.29 is 27.9 Å². The molecule has 0 bridgehead atoms. The van der Waals surface area contributed by atoms with E-state index in [-0.39, 0.29) is 23.9 Å². The summed E-state index contributed by atoms with van der Waals surface area (Å²) in [6, 6.07) is 22.7. The van der Waals surface area contributed by atoms with Gasteiger partial charge in [0, 0.05) is 25.5 Å². The van der Waals surface area contributed by atoms with Gasteiger partial charge in [0.25, 0.3) is 17.4 Å². The molecular weight excluding hydrogens is 585 g/mol. The van der Waals surface area contributed by atoms with Crippen molar-refractivity contribution in [2.24, 2.45) is 7.05 Å². The lowest BCUT2D eigenvalue weighted by atomic mass is 9.61. The zero-order valence-corrected chi connectivity index (χ0v) is 24.3. The SMILES string of the molecule is Cn1c(-c2ccc([C@]3(N4C(=O)c5ccccc5C4=O)C[C@@](C)(O)C3)cc2)c(-c2ccccc2)c2c(=O)n(CC(F)(F)F)cnc21. The van der Waals surface area contributed by atoms with E-state index in [0.717, 1.165) is 6.33 Å². The number of aromatic nitrogens is 3. The second-order valence-electron chi connectivity index (χ2n) is 12.1. The number of aryl methyl sites for hydroxylation is 1. The number of rotatable bonds is 5. The molecule has 1 aliphatic carbocycles. The van der Waals surface area contributed by atoms with Crippen molar-refractivity contribution in [3.05, 3.63) is 112 Å². The molecule has 5 aromatic rings. The van der Waals surface area contributed by atoms with Crippen molar-refractivity contribution >= 4 is 22.8 Å². The lowest BCUT2D eigenvalue weighted by molar-refractivity contribution is -0.141. The third-order valence-electron chi connectivity index (χ3n) is 8.83. The molecule has 3 heterocycles. The lowest BCUT2D eigenvalue weighted by Gasteiger charge is -2.55. The number of hydrogen-bond donors (Lipinski definition) is 1. The molecule has 2 amide bonds. The number of hydrogen-bond acceptors (Lipinski definition) is 5. The summed E-state index contributed by atoms with van der Waals surface area (Å²) in [7, 11) is 1.70. The predicted octanol–water partition coefficient (Wildman–Crippen LogP) is 5.67. The minimum absolute atomic E-state index is 0.0621. The topological polar surface area (TPSA) is 97.4 Å². The quantitative estimate of drug-likeness (QED) is 0.258. The van der Waals surface area contributed by atoms with Gasteiger partial charge in [-0.05, 0) is 35.7 Å². The third-order valence-corrected chi connectivity index (χ3v) is 8.83. The lowest BCUT2D eigenvalue weighted by Crippen LogP contribution is -2.63. The van der Waals surface area contributed by atoms with E-state index < -0.39 is 41.2 Å². The molecular formula is C34H27F3N4O4. The van der Waals surface area contributed by atoms with Gasteiger partial charge < -0.3 is 9.67 Å². The molecule has 2 aliphatic rings. The fraction of sp³-hybridized carbons (Fsp3) is 0.235. The molecule has 1 fully saturated rings. The zero-order chi connectivity index (χ0) is 31.9. The number of carbonyl (C=O) groups excluding carboxylic acids is 2. The van der Waals surface area contributed by atoms with Gasteiger partial charge in [0.15, 0.2) is 0 Å². The van der Waals surface area contributed by atoms with Crippen LogP contribution in [0.1, 0.15) is 46.0 Å². The maximum atomic E-state index is 13.5. The van der Waals surface area contributed by atoms with Gasteiger partial charge in [-0.25, -0.2) is 4.98 Å². The first kappa shape index (κ1) is 28.7. The summed E-state index contributed by atoms with van der Waals surface area (Å²) < 4.78 is 42.1. The molecule has 0 atom stereocenters. The van der Waals surface area contributed by atoms with Gasteiger partial charge in [-0.3, -0.25) is 23.9 Å². The molecule has 228 valence electrons. The first-order valence-corrected chi connectivity index (χ1v) is 14.3. The van der Waals surface area contributed by atoms with Crippen LogP contribution in [0.5, 0.6) is 0 Å². The van der Waals surface area contributed by atoms with Crippen molar-refractivity contribution in [1.82, 2.24) is 19.0 Å². The minimum Gasteiger partial charge on any atom is -0.390 e. The van der Waals surface area contributed by atoms with Crippen molar-refractivity contribution in [1.29, 1.82) is 0 Å². The van der Waals surface area contributed by atoms with Gasteiger partial charge in [-0.15, -0.1) is 0 Å². The summed E-state index contributed by atoms with van der Waals surface area (Å²) in [6.07, 6.45) is -3.40. The number of alkyl halides is 3. The van der Waals surface area contributed by atoms with Crippen LogP contribution in [0.25, 0.3) is 33.4 Å². The number of imide groups is 1. The maximum Gasteiger partial charge on any atom is 0.406 e. The van der Waals surface area contributed by atoms with Gasteiger partial charge in [-0.2, -0.15) is 13.2 Å².